The van der Waals surface area contributed by atoms with E-state index in [0.717, 1.165) is 18.1 Å². The van der Waals surface area contributed by atoms with Gasteiger partial charge in [0.1, 0.15) is 13.2 Å². The van der Waals surface area contributed by atoms with Gasteiger partial charge in [-0.25, -0.2) is 0 Å². The summed E-state index contributed by atoms with van der Waals surface area (Å²) in [4.78, 5) is 12.4. The first kappa shape index (κ1) is 12.1. The van der Waals surface area contributed by atoms with Crippen LogP contribution >= 0.6 is 0 Å². The largest absolute Gasteiger partial charge is 0.486 e. The van der Waals surface area contributed by atoms with E-state index in [1.807, 2.05) is 12.1 Å². The smallest absolute Gasteiger partial charge is 0.251 e. The van der Waals surface area contributed by atoms with Crippen molar-refractivity contribution in [2.75, 3.05) is 13.2 Å². The highest BCUT2D eigenvalue weighted by Crippen LogP contribution is 2.44. The molecule has 106 valence electrons. The summed E-state index contributed by atoms with van der Waals surface area (Å²) in [6.07, 6.45) is 5.07. The molecule has 1 amide bonds. The quantitative estimate of drug-likeness (QED) is 0.900. The van der Waals surface area contributed by atoms with E-state index in [0.29, 0.717) is 36.5 Å². The molecule has 4 rings (SSSR count). The monoisotopic (exact) mass is 273 g/mol. The fraction of sp³-hybridized carbons (Fsp3) is 0.562. The maximum Gasteiger partial charge on any atom is 0.251 e. The van der Waals surface area contributed by atoms with E-state index in [2.05, 4.69) is 5.32 Å². The molecule has 2 fully saturated rings. The number of carbonyl (C=O) groups is 1. The Kier molecular flexibility index (Phi) is 2.83. The van der Waals surface area contributed by atoms with Crippen molar-refractivity contribution >= 4 is 5.91 Å². The highest BCUT2D eigenvalue weighted by atomic mass is 16.6. The van der Waals surface area contributed by atoms with Crippen molar-refractivity contribution in [1.29, 1.82) is 0 Å². The van der Waals surface area contributed by atoms with Crippen LogP contribution in [0.25, 0.3) is 0 Å². The lowest BCUT2D eigenvalue weighted by molar-refractivity contribution is 0.0921. The second-order valence-corrected chi connectivity index (χ2v) is 6.11. The molecule has 20 heavy (non-hydrogen) atoms. The SMILES string of the molecule is O=C(N[C@H]1C[C@H]2CC[C@H]1C2)c1ccc2c(c1)OCCO2. The predicted molar refractivity (Wildman–Crippen MR) is 74.1 cm³/mol. The van der Waals surface area contributed by atoms with Crippen molar-refractivity contribution < 1.29 is 14.3 Å². The van der Waals surface area contributed by atoms with Gasteiger partial charge in [0.2, 0.25) is 0 Å². The zero-order chi connectivity index (χ0) is 13.5. The van der Waals surface area contributed by atoms with Crippen LogP contribution < -0.4 is 14.8 Å². The zero-order valence-corrected chi connectivity index (χ0v) is 11.4. The average molecular weight is 273 g/mol. The molecule has 1 aliphatic heterocycles. The van der Waals surface area contributed by atoms with Crippen molar-refractivity contribution in [2.24, 2.45) is 11.8 Å². The van der Waals surface area contributed by atoms with Gasteiger partial charge >= 0.3 is 0 Å². The molecule has 4 nitrogen and oxygen atoms in total. The summed E-state index contributed by atoms with van der Waals surface area (Å²) < 4.78 is 11.0. The van der Waals surface area contributed by atoms with Crippen LogP contribution in [0.3, 0.4) is 0 Å². The van der Waals surface area contributed by atoms with Crippen LogP contribution in [0.2, 0.25) is 0 Å². The van der Waals surface area contributed by atoms with E-state index in [4.69, 9.17) is 9.47 Å². The third kappa shape index (κ3) is 2.03. The number of hydrogen-bond acceptors (Lipinski definition) is 3. The van der Waals surface area contributed by atoms with Crippen molar-refractivity contribution in [2.45, 2.75) is 31.7 Å². The van der Waals surface area contributed by atoms with E-state index in [9.17, 15) is 4.79 Å². The summed E-state index contributed by atoms with van der Waals surface area (Å²) in [7, 11) is 0. The van der Waals surface area contributed by atoms with Gasteiger partial charge in [0.05, 0.1) is 0 Å². The normalized spacial score (nSPS) is 30.3. The summed E-state index contributed by atoms with van der Waals surface area (Å²) >= 11 is 0. The molecule has 3 aliphatic rings. The number of fused-ring (bicyclic) bond motifs is 3. The Bertz CT molecular complexity index is 543. The Hall–Kier alpha value is -1.71. The summed E-state index contributed by atoms with van der Waals surface area (Å²) in [6.45, 7) is 1.12. The number of rotatable bonds is 2. The van der Waals surface area contributed by atoms with Gasteiger partial charge in [-0.2, -0.15) is 0 Å². The van der Waals surface area contributed by atoms with Gasteiger partial charge in [0.25, 0.3) is 5.91 Å². The van der Waals surface area contributed by atoms with E-state index >= 15 is 0 Å². The van der Waals surface area contributed by atoms with E-state index in [1.165, 1.54) is 19.3 Å². The minimum absolute atomic E-state index is 0.0134. The Morgan fingerprint density at radius 1 is 1.10 bits per heavy atom. The van der Waals surface area contributed by atoms with Crippen molar-refractivity contribution in [3.63, 3.8) is 0 Å². The summed E-state index contributed by atoms with van der Waals surface area (Å²) in [5.74, 6) is 2.95. The molecular formula is C16H19NO3. The van der Waals surface area contributed by atoms with E-state index in [-0.39, 0.29) is 5.91 Å². The number of amides is 1. The van der Waals surface area contributed by atoms with Crippen LogP contribution in [-0.2, 0) is 0 Å². The second kappa shape index (κ2) is 4.69. The minimum atomic E-state index is 0.0134. The van der Waals surface area contributed by atoms with Crippen molar-refractivity contribution in [3.05, 3.63) is 23.8 Å². The van der Waals surface area contributed by atoms with Gasteiger partial charge in [0, 0.05) is 11.6 Å². The van der Waals surface area contributed by atoms with Crippen LogP contribution in [0.1, 0.15) is 36.0 Å². The Morgan fingerprint density at radius 3 is 2.70 bits per heavy atom. The zero-order valence-electron chi connectivity index (χ0n) is 11.4. The van der Waals surface area contributed by atoms with E-state index < -0.39 is 0 Å². The Labute approximate surface area is 118 Å². The van der Waals surface area contributed by atoms with Gasteiger partial charge in [-0.05, 0) is 49.3 Å². The van der Waals surface area contributed by atoms with Crippen LogP contribution in [0.4, 0.5) is 0 Å². The summed E-state index contributed by atoms with van der Waals surface area (Å²) in [5, 5.41) is 3.20. The predicted octanol–water partition coefficient (Wildman–Crippen LogP) is 2.38. The molecule has 0 radical (unpaired) electrons. The van der Waals surface area contributed by atoms with Gasteiger partial charge in [-0.1, -0.05) is 6.42 Å². The molecule has 1 N–H and O–H groups in total. The Balaban J connectivity index is 1.48. The maximum atomic E-state index is 12.4. The lowest BCUT2D eigenvalue weighted by Gasteiger charge is -2.23. The van der Waals surface area contributed by atoms with Gasteiger partial charge < -0.3 is 14.8 Å². The van der Waals surface area contributed by atoms with Crippen molar-refractivity contribution in [1.82, 2.24) is 5.32 Å². The van der Waals surface area contributed by atoms with Crippen molar-refractivity contribution in [3.8, 4) is 11.5 Å². The molecule has 0 saturated heterocycles. The molecule has 1 aromatic rings. The first-order valence-electron chi connectivity index (χ1n) is 7.50. The van der Waals surface area contributed by atoms with Crippen LogP contribution in [0.5, 0.6) is 11.5 Å². The fourth-order valence-corrected chi connectivity index (χ4v) is 3.86. The third-order valence-electron chi connectivity index (χ3n) is 4.86. The molecule has 1 aromatic carbocycles. The molecule has 0 aromatic heterocycles. The molecule has 0 unspecified atom stereocenters. The van der Waals surface area contributed by atoms with Gasteiger partial charge in [0.15, 0.2) is 11.5 Å². The Morgan fingerprint density at radius 2 is 1.95 bits per heavy atom. The molecule has 0 spiro atoms. The van der Waals surface area contributed by atoms with Crippen LogP contribution in [0, 0.1) is 11.8 Å². The van der Waals surface area contributed by atoms with Crippen LogP contribution in [0.15, 0.2) is 18.2 Å². The molecule has 2 bridgehead atoms. The third-order valence-corrected chi connectivity index (χ3v) is 4.86. The molecule has 1 heterocycles. The number of nitrogens with one attached hydrogen (secondary N) is 1. The first-order chi connectivity index (χ1) is 9.79. The fourth-order valence-electron chi connectivity index (χ4n) is 3.86. The average Bonchev–Trinajstić information content (AvgIpc) is 3.09. The van der Waals surface area contributed by atoms with E-state index in [1.54, 1.807) is 6.07 Å². The van der Waals surface area contributed by atoms with Crippen LogP contribution in [-0.4, -0.2) is 25.2 Å². The summed E-state index contributed by atoms with van der Waals surface area (Å²) in [5.41, 5.74) is 0.664. The topological polar surface area (TPSA) is 47.6 Å². The number of benzene rings is 1. The van der Waals surface area contributed by atoms with Gasteiger partial charge in [-0.15, -0.1) is 0 Å². The highest BCUT2D eigenvalue weighted by molar-refractivity contribution is 5.95. The molecule has 3 atom stereocenters. The second-order valence-electron chi connectivity index (χ2n) is 6.11. The highest BCUT2D eigenvalue weighted by Gasteiger charge is 2.40. The molecule has 4 heteroatoms. The lowest BCUT2D eigenvalue weighted by atomic mass is 9.95. The summed E-state index contributed by atoms with van der Waals surface area (Å²) in [6, 6.07) is 5.80. The standard InChI is InChI=1S/C16H19NO3/c18-16(17-13-8-10-1-2-11(13)7-10)12-3-4-14-15(9-12)20-6-5-19-14/h3-4,9-11,13H,1-2,5-8H2,(H,17,18)/t10-,11-,13-/m0/s1. The first-order valence-corrected chi connectivity index (χ1v) is 7.50. The minimum Gasteiger partial charge on any atom is -0.486 e. The molecule has 2 saturated carbocycles. The molecule has 2 aliphatic carbocycles. The number of carbonyl (C=O) groups excluding carboxylic acids is 1. The molecular weight excluding hydrogens is 254 g/mol. The number of hydrogen-bond donors (Lipinski definition) is 1. The lowest BCUT2D eigenvalue weighted by Crippen LogP contribution is -2.38. The number of ether oxygens (including phenoxy) is 2. The van der Waals surface area contributed by atoms with Gasteiger partial charge in [-0.3, -0.25) is 4.79 Å². The maximum absolute atomic E-state index is 12.4.